The molecule has 2 aliphatic carbocycles. The molecule has 118 valence electrons. The third-order valence-electron chi connectivity index (χ3n) is 5.28. The average Bonchev–Trinajstić information content (AvgIpc) is 2.82. The molecule has 0 unspecified atom stereocenters. The van der Waals surface area contributed by atoms with Crippen molar-refractivity contribution in [1.29, 1.82) is 0 Å². The zero-order valence-corrected chi connectivity index (χ0v) is 13.8. The smallest absolute Gasteiger partial charge is 0.151 e. The minimum absolute atomic E-state index is 0.0772. The minimum Gasteiger partial charge on any atom is -0.389 e. The Morgan fingerprint density at radius 3 is 2.35 bits per heavy atom. The van der Waals surface area contributed by atoms with E-state index >= 15 is 0 Å². The first kappa shape index (κ1) is 16.2. The van der Waals surface area contributed by atoms with Gasteiger partial charge in [-0.2, -0.15) is 0 Å². The summed E-state index contributed by atoms with van der Waals surface area (Å²) in [4.78, 5) is 2.11. The average molecular weight is 303 g/mol. The maximum Gasteiger partial charge on any atom is 0.151 e. The summed E-state index contributed by atoms with van der Waals surface area (Å²) in [6.07, 6.45) is 7.85. The van der Waals surface area contributed by atoms with Crippen molar-refractivity contribution in [1.82, 2.24) is 4.90 Å². The highest BCUT2D eigenvalue weighted by Gasteiger charge is 2.40. The van der Waals surface area contributed by atoms with Crippen LogP contribution in [0.5, 0.6) is 0 Å². The van der Waals surface area contributed by atoms with E-state index in [0.717, 1.165) is 44.9 Å². The van der Waals surface area contributed by atoms with Gasteiger partial charge in [-0.3, -0.25) is 4.90 Å². The first-order valence-corrected chi connectivity index (χ1v) is 9.78. The maximum absolute atomic E-state index is 11.9. The van der Waals surface area contributed by atoms with Gasteiger partial charge in [0, 0.05) is 18.8 Å². The summed E-state index contributed by atoms with van der Waals surface area (Å²) in [5.41, 5.74) is -0.619. The summed E-state index contributed by atoms with van der Waals surface area (Å²) in [5.74, 6) is 0.704. The Hall–Kier alpha value is -0.130. The Morgan fingerprint density at radius 1 is 1.20 bits per heavy atom. The van der Waals surface area contributed by atoms with Crippen LogP contribution in [0.1, 0.15) is 51.9 Å². The maximum atomic E-state index is 11.9. The van der Waals surface area contributed by atoms with E-state index in [0.29, 0.717) is 12.5 Å². The summed E-state index contributed by atoms with van der Waals surface area (Å²) < 4.78 is 23.7. The van der Waals surface area contributed by atoms with Crippen molar-refractivity contribution in [3.05, 3.63) is 0 Å². The van der Waals surface area contributed by atoms with Gasteiger partial charge in [0.15, 0.2) is 9.84 Å². The Morgan fingerprint density at radius 2 is 1.80 bits per heavy atom. The van der Waals surface area contributed by atoms with Gasteiger partial charge >= 0.3 is 0 Å². The van der Waals surface area contributed by atoms with Crippen LogP contribution in [0, 0.1) is 5.92 Å². The van der Waals surface area contributed by atoms with Crippen LogP contribution >= 0.6 is 0 Å². The Kier molecular flexibility index (Phi) is 4.82. The topological polar surface area (TPSA) is 57.6 Å². The fraction of sp³-hybridized carbons (Fsp3) is 1.00. The molecule has 5 heteroatoms. The van der Waals surface area contributed by atoms with Gasteiger partial charge in [0.05, 0.1) is 10.9 Å². The standard InChI is InChI=1S/C15H29NO3S/c1-12-7-9-15(17,10-8-12)11-16(2)13-5-4-6-14(13)20(3,18)19/h12-14,17H,4-11H2,1-3H3/t12?,13-,14-,15?/m0/s1. The van der Waals surface area contributed by atoms with E-state index in [-0.39, 0.29) is 11.3 Å². The number of hydrogen-bond donors (Lipinski definition) is 1. The third kappa shape index (κ3) is 3.74. The molecule has 0 spiro atoms. The molecule has 0 amide bonds. The van der Waals surface area contributed by atoms with Crippen molar-refractivity contribution in [2.75, 3.05) is 19.8 Å². The molecule has 20 heavy (non-hydrogen) atoms. The lowest BCUT2D eigenvalue weighted by molar-refractivity contribution is -0.0370. The summed E-state index contributed by atoms with van der Waals surface area (Å²) in [5, 5.41) is 10.5. The number of sulfone groups is 1. The van der Waals surface area contributed by atoms with Gasteiger partial charge in [-0.25, -0.2) is 8.42 Å². The highest BCUT2D eigenvalue weighted by atomic mass is 32.2. The van der Waals surface area contributed by atoms with Crippen LogP contribution in [0.15, 0.2) is 0 Å². The molecule has 4 nitrogen and oxygen atoms in total. The van der Waals surface area contributed by atoms with Crippen LogP contribution in [-0.2, 0) is 9.84 Å². The van der Waals surface area contributed by atoms with Gasteiger partial charge in [-0.15, -0.1) is 0 Å². The second-order valence-electron chi connectivity index (χ2n) is 7.19. The SMILES string of the molecule is CC1CCC(O)(CN(C)[C@H]2CCC[C@@H]2S(C)(=O)=O)CC1. The lowest BCUT2D eigenvalue weighted by Crippen LogP contribution is -2.50. The van der Waals surface area contributed by atoms with Crippen LogP contribution in [0.2, 0.25) is 0 Å². The number of nitrogens with zero attached hydrogens (tertiary/aromatic N) is 1. The predicted molar refractivity (Wildman–Crippen MR) is 81.5 cm³/mol. The van der Waals surface area contributed by atoms with Gasteiger partial charge in [0.25, 0.3) is 0 Å². The molecule has 0 saturated heterocycles. The molecule has 0 aromatic carbocycles. The molecule has 1 N–H and O–H groups in total. The zero-order valence-electron chi connectivity index (χ0n) is 13.0. The minimum atomic E-state index is -2.99. The van der Waals surface area contributed by atoms with Crippen molar-refractivity contribution >= 4 is 9.84 Å². The van der Waals surface area contributed by atoms with Gasteiger partial charge in [-0.1, -0.05) is 13.3 Å². The van der Waals surface area contributed by atoms with Crippen LogP contribution in [0.4, 0.5) is 0 Å². The molecule has 0 heterocycles. The van der Waals surface area contributed by atoms with E-state index < -0.39 is 15.4 Å². The summed E-state index contributed by atoms with van der Waals surface area (Å²) in [6, 6.07) is 0.0772. The van der Waals surface area contributed by atoms with E-state index in [2.05, 4.69) is 11.8 Å². The largest absolute Gasteiger partial charge is 0.389 e. The summed E-state index contributed by atoms with van der Waals surface area (Å²) in [7, 11) is -1.01. The highest BCUT2D eigenvalue weighted by Crippen LogP contribution is 2.35. The molecule has 0 aliphatic heterocycles. The lowest BCUT2D eigenvalue weighted by atomic mass is 9.79. The first-order valence-electron chi connectivity index (χ1n) is 7.83. The van der Waals surface area contributed by atoms with Crippen molar-refractivity contribution < 1.29 is 13.5 Å². The number of aliphatic hydroxyl groups is 1. The molecule has 0 aromatic heterocycles. The van der Waals surface area contributed by atoms with Crippen LogP contribution in [-0.4, -0.2) is 55.2 Å². The lowest BCUT2D eigenvalue weighted by Gasteiger charge is -2.40. The normalized spacial score (nSPS) is 39.4. The van der Waals surface area contributed by atoms with E-state index in [4.69, 9.17) is 0 Å². The first-order chi connectivity index (χ1) is 9.21. The number of rotatable bonds is 4. The molecule has 0 bridgehead atoms. The van der Waals surface area contributed by atoms with E-state index in [1.54, 1.807) is 0 Å². The fourth-order valence-electron chi connectivity index (χ4n) is 3.95. The predicted octanol–water partition coefficient (Wildman–Crippen LogP) is 1.83. The monoisotopic (exact) mass is 303 g/mol. The quantitative estimate of drug-likeness (QED) is 0.861. The molecular weight excluding hydrogens is 274 g/mol. The molecule has 2 atom stereocenters. The van der Waals surface area contributed by atoms with Crippen molar-refractivity contribution in [3.63, 3.8) is 0 Å². The van der Waals surface area contributed by atoms with Crippen LogP contribution in [0.3, 0.4) is 0 Å². The van der Waals surface area contributed by atoms with Gasteiger partial charge < -0.3 is 5.11 Å². The van der Waals surface area contributed by atoms with E-state index in [1.807, 2.05) is 7.05 Å². The molecule has 2 rings (SSSR count). The van der Waals surface area contributed by atoms with Gasteiger partial charge in [0.2, 0.25) is 0 Å². The number of hydrogen-bond acceptors (Lipinski definition) is 4. The summed E-state index contributed by atoms with van der Waals surface area (Å²) in [6.45, 7) is 2.84. The van der Waals surface area contributed by atoms with Crippen molar-refractivity contribution in [2.24, 2.45) is 5.92 Å². The molecule has 2 saturated carbocycles. The molecular formula is C15H29NO3S. The van der Waals surface area contributed by atoms with Crippen molar-refractivity contribution in [2.45, 2.75) is 68.8 Å². The van der Waals surface area contributed by atoms with Crippen LogP contribution in [0.25, 0.3) is 0 Å². The molecule has 0 radical (unpaired) electrons. The number of likely N-dealkylation sites (N-methyl/N-ethyl adjacent to an activating group) is 1. The van der Waals surface area contributed by atoms with Gasteiger partial charge in [0.1, 0.15) is 0 Å². The van der Waals surface area contributed by atoms with E-state index in [1.165, 1.54) is 6.26 Å². The van der Waals surface area contributed by atoms with E-state index in [9.17, 15) is 13.5 Å². The van der Waals surface area contributed by atoms with Crippen molar-refractivity contribution in [3.8, 4) is 0 Å². The molecule has 2 fully saturated rings. The Balaban J connectivity index is 1.99. The van der Waals surface area contributed by atoms with Gasteiger partial charge in [-0.05, 0) is 51.5 Å². The fourth-order valence-corrected chi connectivity index (χ4v) is 5.46. The highest BCUT2D eigenvalue weighted by molar-refractivity contribution is 7.91. The molecule has 0 aromatic rings. The Bertz CT molecular complexity index is 426. The second kappa shape index (κ2) is 5.93. The Labute approximate surface area is 123 Å². The third-order valence-corrected chi connectivity index (χ3v) is 6.93. The second-order valence-corrected chi connectivity index (χ2v) is 9.45. The zero-order chi connectivity index (χ0) is 15.0. The summed E-state index contributed by atoms with van der Waals surface area (Å²) >= 11 is 0. The molecule has 2 aliphatic rings. The van der Waals surface area contributed by atoms with Crippen LogP contribution < -0.4 is 0 Å².